The minimum absolute atomic E-state index is 0.317. The Morgan fingerprint density at radius 1 is 1.19 bits per heavy atom. The monoisotopic (exact) mass is 307 g/mol. The molecule has 0 amide bonds. The number of methoxy groups -OCH3 is 1. The molecule has 21 heavy (non-hydrogen) atoms. The highest BCUT2D eigenvalue weighted by Gasteiger charge is 2.07. The number of thiophene rings is 1. The highest BCUT2D eigenvalue weighted by atomic mass is 32.1. The molecule has 114 valence electrons. The first-order chi connectivity index (χ1) is 10.3. The summed E-state index contributed by atoms with van der Waals surface area (Å²) in [7, 11) is 1.67. The largest absolute Gasteiger partial charge is 0.389 e. The first-order valence-electron chi connectivity index (χ1n) is 6.88. The van der Waals surface area contributed by atoms with E-state index < -0.39 is 6.10 Å². The van der Waals surface area contributed by atoms with Gasteiger partial charge in [-0.05, 0) is 17.5 Å². The molecule has 0 fully saturated rings. The molecular formula is C16H21NO3S. The van der Waals surface area contributed by atoms with Gasteiger partial charge in [-0.2, -0.15) is 0 Å². The standard InChI is InChI=1S/C16H21NO3S/c1-19-10-13-5-2-3-7-16(13)17-9-14(18)11-20-12-15-6-4-8-21-15/h2-8,14,17-18H,9-12H2,1H3. The van der Waals surface area contributed by atoms with Gasteiger partial charge in [-0.1, -0.05) is 24.3 Å². The summed E-state index contributed by atoms with van der Waals surface area (Å²) in [6, 6.07) is 11.9. The zero-order chi connectivity index (χ0) is 14.9. The minimum Gasteiger partial charge on any atom is -0.389 e. The highest BCUT2D eigenvalue weighted by molar-refractivity contribution is 7.09. The van der Waals surface area contributed by atoms with E-state index in [0.717, 1.165) is 11.3 Å². The Labute approximate surface area is 129 Å². The van der Waals surface area contributed by atoms with Crippen molar-refractivity contribution in [2.45, 2.75) is 19.3 Å². The molecule has 0 aliphatic carbocycles. The van der Waals surface area contributed by atoms with Crippen molar-refractivity contribution in [1.82, 2.24) is 0 Å². The normalized spacial score (nSPS) is 12.3. The third kappa shape index (κ3) is 5.47. The molecule has 5 heteroatoms. The second-order valence-corrected chi connectivity index (χ2v) is 5.75. The van der Waals surface area contributed by atoms with Crippen LogP contribution in [0.3, 0.4) is 0 Å². The molecule has 1 aromatic heterocycles. The summed E-state index contributed by atoms with van der Waals surface area (Å²) in [5.41, 5.74) is 2.06. The molecular weight excluding hydrogens is 286 g/mol. The van der Waals surface area contributed by atoms with Gasteiger partial charge in [-0.25, -0.2) is 0 Å². The van der Waals surface area contributed by atoms with Crippen LogP contribution in [0.4, 0.5) is 5.69 Å². The van der Waals surface area contributed by atoms with Gasteiger partial charge in [0.2, 0.25) is 0 Å². The van der Waals surface area contributed by atoms with Crippen LogP contribution in [0.15, 0.2) is 41.8 Å². The second-order valence-electron chi connectivity index (χ2n) is 4.72. The van der Waals surface area contributed by atoms with E-state index in [0.29, 0.717) is 26.4 Å². The molecule has 0 aliphatic rings. The fraction of sp³-hybridized carbons (Fsp3) is 0.375. The van der Waals surface area contributed by atoms with Gasteiger partial charge in [-0.3, -0.25) is 0 Å². The number of anilines is 1. The zero-order valence-corrected chi connectivity index (χ0v) is 12.9. The summed E-state index contributed by atoms with van der Waals surface area (Å²) < 4.78 is 10.7. The Kier molecular flexibility index (Phi) is 6.69. The summed E-state index contributed by atoms with van der Waals surface area (Å²) in [5, 5.41) is 15.2. The summed E-state index contributed by atoms with van der Waals surface area (Å²) in [5.74, 6) is 0. The van der Waals surface area contributed by atoms with E-state index in [1.54, 1.807) is 18.4 Å². The first kappa shape index (κ1) is 16.0. The first-order valence-corrected chi connectivity index (χ1v) is 7.76. The van der Waals surface area contributed by atoms with Gasteiger partial charge in [0, 0.05) is 29.8 Å². The van der Waals surface area contributed by atoms with Crippen LogP contribution in [0.2, 0.25) is 0 Å². The molecule has 1 unspecified atom stereocenters. The maximum atomic E-state index is 9.94. The topological polar surface area (TPSA) is 50.7 Å². The Balaban J connectivity index is 1.72. The van der Waals surface area contributed by atoms with E-state index in [1.165, 1.54) is 4.88 Å². The smallest absolute Gasteiger partial charge is 0.0945 e. The summed E-state index contributed by atoms with van der Waals surface area (Å²) >= 11 is 1.66. The molecule has 1 heterocycles. The number of hydrogen-bond acceptors (Lipinski definition) is 5. The van der Waals surface area contributed by atoms with Gasteiger partial charge in [-0.15, -0.1) is 11.3 Å². The lowest BCUT2D eigenvalue weighted by molar-refractivity contribution is 0.0358. The van der Waals surface area contributed by atoms with E-state index in [1.807, 2.05) is 41.8 Å². The summed E-state index contributed by atoms with van der Waals surface area (Å²) in [6.07, 6.45) is -0.541. The van der Waals surface area contributed by atoms with Crippen molar-refractivity contribution >= 4 is 17.0 Å². The molecule has 1 atom stereocenters. The van der Waals surface area contributed by atoms with Gasteiger partial charge < -0.3 is 19.9 Å². The average molecular weight is 307 g/mol. The maximum Gasteiger partial charge on any atom is 0.0945 e. The number of hydrogen-bond donors (Lipinski definition) is 2. The molecule has 0 saturated carbocycles. The van der Waals surface area contributed by atoms with Crippen LogP contribution in [0.5, 0.6) is 0 Å². The van der Waals surface area contributed by atoms with Crippen LogP contribution in [0, 0.1) is 0 Å². The van der Waals surface area contributed by atoms with Crippen LogP contribution >= 0.6 is 11.3 Å². The number of benzene rings is 1. The van der Waals surface area contributed by atoms with E-state index in [9.17, 15) is 5.11 Å². The van der Waals surface area contributed by atoms with Crippen LogP contribution in [0.1, 0.15) is 10.4 Å². The maximum absolute atomic E-state index is 9.94. The van der Waals surface area contributed by atoms with Crippen LogP contribution < -0.4 is 5.32 Å². The lowest BCUT2D eigenvalue weighted by Crippen LogP contribution is -2.25. The van der Waals surface area contributed by atoms with Gasteiger partial charge in [0.15, 0.2) is 0 Å². The molecule has 2 rings (SSSR count). The second kappa shape index (κ2) is 8.79. The average Bonchev–Trinajstić information content (AvgIpc) is 3.00. The molecule has 0 spiro atoms. The van der Waals surface area contributed by atoms with Crippen molar-refractivity contribution in [3.05, 3.63) is 52.2 Å². The fourth-order valence-electron chi connectivity index (χ4n) is 1.95. The van der Waals surface area contributed by atoms with E-state index in [-0.39, 0.29) is 0 Å². The van der Waals surface area contributed by atoms with Crippen LogP contribution in [-0.4, -0.2) is 31.5 Å². The van der Waals surface area contributed by atoms with Crippen molar-refractivity contribution in [3.63, 3.8) is 0 Å². The fourth-order valence-corrected chi connectivity index (χ4v) is 2.59. The van der Waals surface area contributed by atoms with Crippen molar-refractivity contribution in [3.8, 4) is 0 Å². The molecule has 0 aliphatic heterocycles. The van der Waals surface area contributed by atoms with Crippen molar-refractivity contribution in [1.29, 1.82) is 0 Å². The molecule has 4 nitrogen and oxygen atoms in total. The summed E-state index contributed by atoms with van der Waals surface area (Å²) in [4.78, 5) is 1.17. The van der Waals surface area contributed by atoms with Crippen LogP contribution in [0.25, 0.3) is 0 Å². The Morgan fingerprint density at radius 3 is 2.81 bits per heavy atom. The number of nitrogens with one attached hydrogen (secondary N) is 1. The quantitative estimate of drug-likeness (QED) is 0.748. The Hall–Kier alpha value is -1.40. The summed E-state index contributed by atoms with van der Waals surface area (Å²) in [6.45, 7) is 1.87. The van der Waals surface area contributed by atoms with E-state index in [4.69, 9.17) is 9.47 Å². The van der Waals surface area contributed by atoms with Crippen LogP contribution in [-0.2, 0) is 22.7 Å². The van der Waals surface area contributed by atoms with Crippen molar-refractivity contribution in [2.24, 2.45) is 0 Å². The molecule has 1 aromatic carbocycles. The molecule has 0 radical (unpaired) electrons. The number of rotatable bonds is 9. The van der Waals surface area contributed by atoms with E-state index >= 15 is 0 Å². The zero-order valence-electron chi connectivity index (χ0n) is 12.1. The number of aliphatic hydroxyl groups is 1. The Morgan fingerprint density at radius 2 is 2.05 bits per heavy atom. The molecule has 2 aromatic rings. The highest BCUT2D eigenvalue weighted by Crippen LogP contribution is 2.16. The molecule has 0 saturated heterocycles. The SMILES string of the molecule is COCc1ccccc1NCC(O)COCc1cccs1. The van der Waals surface area contributed by atoms with Crippen molar-refractivity contribution in [2.75, 3.05) is 25.6 Å². The van der Waals surface area contributed by atoms with Gasteiger partial charge in [0.25, 0.3) is 0 Å². The van der Waals surface area contributed by atoms with Gasteiger partial charge >= 0.3 is 0 Å². The number of ether oxygens (including phenoxy) is 2. The number of aliphatic hydroxyl groups excluding tert-OH is 1. The number of para-hydroxylation sites is 1. The van der Waals surface area contributed by atoms with Crippen molar-refractivity contribution < 1.29 is 14.6 Å². The van der Waals surface area contributed by atoms with Gasteiger partial charge in [0.1, 0.15) is 0 Å². The Bertz CT molecular complexity index is 516. The third-order valence-corrected chi connectivity index (χ3v) is 3.83. The molecule has 2 N–H and O–H groups in total. The molecule has 0 bridgehead atoms. The van der Waals surface area contributed by atoms with Gasteiger partial charge in [0.05, 0.1) is 25.9 Å². The van der Waals surface area contributed by atoms with E-state index in [2.05, 4.69) is 5.32 Å². The lowest BCUT2D eigenvalue weighted by Gasteiger charge is -2.15. The lowest BCUT2D eigenvalue weighted by atomic mass is 10.2. The predicted octanol–water partition coefficient (Wildman–Crippen LogP) is 2.88. The minimum atomic E-state index is -0.541. The third-order valence-electron chi connectivity index (χ3n) is 2.98. The predicted molar refractivity (Wildman–Crippen MR) is 85.6 cm³/mol.